The molecule has 0 fully saturated rings. The van der Waals surface area contributed by atoms with Crippen molar-refractivity contribution in [2.75, 3.05) is 26.6 Å². The molecule has 1 aliphatic heterocycles. The van der Waals surface area contributed by atoms with Crippen LogP contribution >= 0.6 is 23.2 Å². The number of hydrogen-bond acceptors (Lipinski definition) is 4. The van der Waals surface area contributed by atoms with Crippen LogP contribution in [0.3, 0.4) is 0 Å². The number of rotatable bonds is 4. The van der Waals surface area contributed by atoms with Crippen LogP contribution < -0.4 is 19.5 Å². The van der Waals surface area contributed by atoms with Crippen molar-refractivity contribution in [3.63, 3.8) is 0 Å². The summed E-state index contributed by atoms with van der Waals surface area (Å²) in [5.74, 6) is 2.41. The van der Waals surface area contributed by atoms with E-state index >= 15 is 0 Å². The van der Waals surface area contributed by atoms with Gasteiger partial charge >= 0.3 is 0 Å². The summed E-state index contributed by atoms with van der Waals surface area (Å²) in [5.41, 5.74) is 3.03. The fourth-order valence-corrected chi connectivity index (χ4v) is 4.74. The van der Waals surface area contributed by atoms with Gasteiger partial charge < -0.3 is 19.5 Å². The Morgan fingerprint density at radius 3 is 2.26 bits per heavy atom. The quantitative estimate of drug-likeness (QED) is 0.647. The Morgan fingerprint density at radius 1 is 0.963 bits per heavy atom. The monoisotopic (exact) mass is 405 g/mol. The first kappa shape index (κ1) is 18.3. The lowest BCUT2D eigenvalue weighted by atomic mass is 9.77. The van der Waals surface area contributed by atoms with Crippen LogP contribution in [0.25, 0.3) is 0 Å². The molecular weight excluding hydrogens is 385 g/mol. The highest BCUT2D eigenvalue weighted by Crippen LogP contribution is 2.54. The van der Waals surface area contributed by atoms with Crippen molar-refractivity contribution in [1.29, 1.82) is 0 Å². The molecule has 2 aromatic carbocycles. The molecule has 0 radical (unpaired) electrons. The second-order valence-corrected chi connectivity index (χ2v) is 7.57. The highest BCUT2D eigenvalue weighted by atomic mass is 35.5. The summed E-state index contributed by atoms with van der Waals surface area (Å²) in [4.78, 5) is 0. The van der Waals surface area contributed by atoms with Crippen molar-refractivity contribution in [2.24, 2.45) is 5.92 Å². The van der Waals surface area contributed by atoms with E-state index in [1.807, 2.05) is 24.3 Å². The topological polar surface area (TPSA) is 39.7 Å². The van der Waals surface area contributed by atoms with Crippen LogP contribution in [-0.2, 0) is 0 Å². The smallest absolute Gasteiger partial charge is 0.203 e. The van der Waals surface area contributed by atoms with Gasteiger partial charge in [-0.05, 0) is 42.2 Å². The zero-order valence-electron chi connectivity index (χ0n) is 15.4. The molecule has 1 aliphatic carbocycles. The molecule has 2 aromatic rings. The second kappa shape index (κ2) is 7.17. The van der Waals surface area contributed by atoms with Gasteiger partial charge in [-0.2, -0.15) is 0 Å². The summed E-state index contributed by atoms with van der Waals surface area (Å²) >= 11 is 13.0. The zero-order valence-corrected chi connectivity index (χ0v) is 16.9. The van der Waals surface area contributed by atoms with E-state index in [0.717, 1.165) is 28.3 Å². The normalized spacial score (nSPS) is 22.6. The molecule has 4 rings (SSSR count). The summed E-state index contributed by atoms with van der Waals surface area (Å²) in [6, 6.07) is 7.74. The Hall–Kier alpha value is -2.04. The predicted molar refractivity (Wildman–Crippen MR) is 109 cm³/mol. The summed E-state index contributed by atoms with van der Waals surface area (Å²) in [5, 5.41) is 5.04. The van der Waals surface area contributed by atoms with Crippen molar-refractivity contribution in [3.05, 3.63) is 57.6 Å². The largest absolute Gasteiger partial charge is 0.493 e. The summed E-state index contributed by atoms with van der Waals surface area (Å²) < 4.78 is 16.5. The number of methoxy groups -OCH3 is 3. The van der Waals surface area contributed by atoms with E-state index in [0.29, 0.717) is 28.2 Å². The third-order valence-corrected chi connectivity index (χ3v) is 6.11. The maximum atomic E-state index is 6.52. The summed E-state index contributed by atoms with van der Waals surface area (Å²) in [7, 11) is 4.86. The number of hydrogen-bond donors (Lipinski definition) is 1. The van der Waals surface area contributed by atoms with E-state index in [1.165, 1.54) is 0 Å². The summed E-state index contributed by atoms with van der Waals surface area (Å²) in [6.07, 6.45) is 5.41. The molecule has 6 heteroatoms. The van der Waals surface area contributed by atoms with Crippen molar-refractivity contribution >= 4 is 28.9 Å². The van der Waals surface area contributed by atoms with E-state index in [-0.39, 0.29) is 12.0 Å². The van der Waals surface area contributed by atoms with Crippen LogP contribution in [-0.4, -0.2) is 21.3 Å². The van der Waals surface area contributed by atoms with Gasteiger partial charge in [0.1, 0.15) is 0 Å². The minimum atomic E-state index is 0.0437. The van der Waals surface area contributed by atoms with Gasteiger partial charge in [-0.3, -0.25) is 0 Å². The molecule has 142 valence electrons. The Balaban J connectivity index is 1.85. The standard InChI is InChI=1S/C21H21Cl2NO3/c1-25-16-9-11(10-17(26-2)21(16)27-3)19-13-6-4-5-12(13)18-14(22)7-8-15(23)20(18)24-19/h4-5,7-10,12-13,19,24H,6H2,1-3H3. The third kappa shape index (κ3) is 2.91. The molecule has 3 unspecified atom stereocenters. The van der Waals surface area contributed by atoms with E-state index in [4.69, 9.17) is 37.4 Å². The van der Waals surface area contributed by atoms with Gasteiger partial charge in [0.2, 0.25) is 5.75 Å². The number of halogens is 2. The van der Waals surface area contributed by atoms with Crippen molar-refractivity contribution in [3.8, 4) is 17.2 Å². The van der Waals surface area contributed by atoms with Crippen LogP contribution in [0.2, 0.25) is 10.0 Å². The summed E-state index contributed by atoms with van der Waals surface area (Å²) in [6.45, 7) is 0. The van der Waals surface area contributed by atoms with Gasteiger partial charge in [-0.1, -0.05) is 35.4 Å². The molecule has 0 aromatic heterocycles. The Morgan fingerprint density at radius 2 is 1.63 bits per heavy atom. The van der Waals surface area contributed by atoms with E-state index in [1.54, 1.807) is 21.3 Å². The molecule has 3 atom stereocenters. The lowest BCUT2D eigenvalue weighted by Crippen LogP contribution is -2.29. The number of anilines is 1. The second-order valence-electron chi connectivity index (χ2n) is 6.75. The molecule has 0 bridgehead atoms. The van der Waals surface area contributed by atoms with Crippen LogP contribution in [0, 0.1) is 5.92 Å². The Bertz CT molecular complexity index is 888. The van der Waals surface area contributed by atoms with Crippen LogP contribution in [0.5, 0.6) is 17.2 Å². The lowest BCUT2D eigenvalue weighted by molar-refractivity contribution is 0.322. The van der Waals surface area contributed by atoms with Crippen molar-refractivity contribution < 1.29 is 14.2 Å². The van der Waals surface area contributed by atoms with Gasteiger partial charge in [-0.25, -0.2) is 0 Å². The Labute approximate surface area is 169 Å². The highest BCUT2D eigenvalue weighted by Gasteiger charge is 2.40. The van der Waals surface area contributed by atoms with Gasteiger partial charge in [0.15, 0.2) is 11.5 Å². The van der Waals surface area contributed by atoms with Crippen LogP contribution in [0.15, 0.2) is 36.4 Å². The number of nitrogens with one attached hydrogen (secondary N) is 1. The number of allylic oxidation sites excluding steroid dienone is 2. The zero-order chi connectivity index (χ0) is 19.1. The van der Waals surface area contributed by atoms with Crippen LogP contribution in [0.1, 0.15) is 29.5 Å². The maximum Gasteiger partial charge on any atom is 0.203 e. The number of fused-ring (bicyclic) bond motifs is 3. The average molecular weight is 406 g/mol. The van der Waals surface area contributed by atoms with Gasteiger partial charge in [0, 0.05) is 16.5 Å². The fourth-order valence-electron chi connectivity index (χ4n) is 4.24. The molecule has 1 heterocycles. The molecule has 0 saturated carbocycles. The highest BCUT2D eigenvalue weighted by molar-refractivity contribution is 6.36. The van der Waals surface area contributed by atoms with E-state index in [9.17, 15) is 0 Å². The fraction of sp³-hybridized carbons (Fsp3) is 0.333. The lowest BCUT2D eigenvalue weighted by Gasteiger charge is -2.38. The van der Waals surface area contributed by atoms with Crippen LogP contribution in [0.4, 0.5) is 5.69 Å². The number of benzene rings is 2. The first-order valence-electron chi connectivity index (χ1n) is 8.80. The molecule has 0 spiro atoms. The molecule has 0 saturated heterocycles. The minimum Gasteiger partial charge on any atom is -0.493 e. The Kier molecular flexibility index (Phi) is 4.87. The van der Waals surface area contributed by atoms with Gasteiger partial charge in [0.25, 0.3) is 0 Å². The predicted octanol–water partition coefficient (Wildman–Crippen LogP) is 5.85. The minimum absolute atomic E-state index is 0.0437. The first-order valence-corrected chi connectivity index (χ1v) is 9.55. The molecule has 0 amide bonds. The van der Waals surface area contributed by atoms with E-state index < -0.39 is 0 Å². The van der Waals surface area contributed by atoms with Gasteiger partial charge in [-0.15, -0.1) is 0 Å². The molecule has 2 aliphatic rings. The maximum absolute atomic E-state index is 6.52. The van der Waals surface area contributed by atoms with Crippen molar-refractivity contribution in [1.82, 2.24) is 0 Å². The van der Waals surface area contributed by atoms with Gasteiger partial charge in [0.05, 0.1) is 38.1 Å². The molecule has 27 heavy (non-hydrogen) atoms. The number of ether oxygens (including phenoxy) is 3. The van der Waals surface area contributed by atoms with E-state index in [2.05, 4.69) is 17.5 Å². The molecule has 1 N–H and O–H groups in total. The van der Waals surface area contributed by atoms with Crippen molar-refractivity contribution in [2.45, 2.75) is 18.4 Å². The third-order valence-electron chi connectivity index (χ3n) is 5.46. The molecular formula is C21H21Cl2NO3. The first-order chi connectivity index (χ1) is 13.1. The average Bonchev–Trinajstić information content (AvgIpc) is 3.18. The molecule has 4 nitrogen and oxygen atoms in total. The SMILES string of the molecule is COc1cc(C2Nc3c(Cl)ccc(Cl)c3C3C=CCC32)cc(OC)c1OC.